The molecule has 3 aromatic carbocycles. The van der Waals surface area contributed by atoms with Gasteiger partial charge in [-0.1, -0.05) is 41.4 Å². The van der Waals surface area contributed by atoms with Gasteiger partial charge in [-0.2, -0.15) is 0 Å². The summed E-state index contributed by atoms with van der Waals surface area (Å²) in [6.45, 7) is 3.90. The van der Waals surface area contributed by atoms with Gasteiger partial charge in [0.25, 0.3) is 11.8 Å². The lowest BCUT2D eigenvalue weighted by atomic mass is 9.97. The number of anilines is 2. The zero-order valence-corrected chi connectivity index (χ0v) is 19.5. The maximum absolute atomic E-state index is 13.6. The number of benzene rings is 3. The van der Waals surface area contributed by atoms with Crippen molar-refractivity contribution in [3.8, 4) is 11.5 Å². The van der Waals surface area contributed by atoms with Gasteiger partial charge < -0.3 is 14.8 Å². The molecule has 6 nitrogen and oxygen atoms in total. The average molecular weight is 463 g/mol. The summed E-state index contributed by atoms with van der Waals surface area (Å²) in [6, 6.07) is 17.6. The van der Waals surface area contributed by atoms with Crippen molar-refractivity contribution in [3.05, 3.63) is 88.1 Å². The number of imide groups is 1. The second kappa shape index (κ2) is 9.00. The second-order valence-corrected chi connectivity index (χ2v) is 8.13. The number of rotatable bonds is 6. The monoisotopic (exact) mass is 462 g/mol. The fourth-order valence-corrected chi connectivity index (χ4v) is 4.08. The number of methoxy groups -OCH3 is 2. The fourth-order valence-electron chi connectivity index (χ4n) is 3.90. The topological polar surface area (TPSA) is 67.9 Å². The summed E-state index contributed by atoms with van der Waals surface area (Å²) in [7, 11) is 3.08. The van der Waals surface area contributed by atoms with E-state index in [1.807, 2.05) is 32.0 Å². The van der Waals surface area contributed by atoms with Crippen molar-refractivity contribution >= 4 is 40.4 Å². The SMILES string of the molecule is COc1ccc(NC2=C(c3ccc(C)cc3C)C(=O)N(c3cccc(Cl)c3)C2=O)cc1OC. The minimum absolute atomic E-state index is 0.180. The summed E-state index contributed by atoms with van der Waals surface area (Å²) in [5, 5.41) is 3.58. The van der Waals surface area contributed by atoms with Gasteiger partial charge in [0.1, 0.15) is 5.70 Å². The summed E-state index contributed by atoms with van der Waals surface area (Å²) in [6.07, 6.45) is 0. The van der Waals surface area contributed by atoms with E-state index in [2.05, 4.69) is 5.32 Å². The molecular weight excluding hydrogens is 440 g/mol. The van der Waals surface area contributed by atoms with E-state index >= 15 is 0 Å². The van der Waals surface area contributed by atoms with E-state index in [1.54, 1.807) is 49.6 Å². The van der Waals surface area contributed by atoms with Crippen molar-refractivity contribution in [1.29, 1.82) is 0 Å². The zero-order chi connectivity index (χ0) is 23.7. The van der Waals surface area contributed by atoms with Crippen LogP contribution in [0.2, 0.25) is 5.02 Å². The normalized spacial score (nSPS) is 13.5. The summed E-state index contributed by atoms with van der Waals surface area (Å²) >= 11 is 6.14. The molecule has 0 spiro atoms. The number of halogens is 1. The van der Waals surface area contributed by atoms with Gasteiger partial charge in [-0.3, -0.25) is 9.59 Å². The molecule has 1 aliphatic heterocycles. The Morgan fingerprint density at radius 1 is 0.848 bits per heavy atom. The Morgan fingerprint density at radius 3 is 2.27 bits per heavy atom. The lowest BCUT2D eigenvalue weighted by Crippen LogP contribution is -2.32. The number of nitrogens with one attached hydrogen (secondary N) is 1. The molecule has 0 radical (unpaired) electrons. The van der Waals surface area contributed by atoms with Crippen molar-refractivity contribution in [1.82, 2.24) is 0 Å². The highest BCUT2D eigenvalue weighted by molar-refractivity contribution is 6.46. The van der Waals surface area contributed by atoms with Crippen LogP contribution in [0.25, 0.3) is 5.57 Å². The van der Waals surface area contributed by atoms with Gasteiger partial charge in [0.15, 0.2) is 11.5 Å². The Hall–Kier alpha value is -3.77. The van der Waals surface area contributed by atoms with E-state index in [0.717, 1.165) is 16.0 Å². The van der Waals surface area contributed by atoms with Gasteiger partial charge in [0.2, 0.25) is 0 Å². The molecule has 0 fully saturated rings. The molecule has 2 amide bonds. The van der Waals surface area contributed by atoms with Gasteiger partial charge in [0.05, 0.1) is 25.5 Å². The zero-order valence-electron chi connectivity index (χ0n) is 18.7. The van der Waals surface area contributed by atoms with Crippen LogP contribution in [0.1, 0.15) is 16.7 Å². The van der Waals surface area contributed by atoms with Crippen LogP contribution in [0.3, 0.4) is 0 Å². The quantitative estimate of drug-likeness (QED) is 0.499. The first-order chi connectivity index (χ1) is 15.8. The van der Waals surface area contributed by atoms with Crippen molar-refractivity contribution in [2.45, 2.75) is 13.8 Å². The largest absolute Gasteiger partial charge is 0.493 e. The molecule has 0 aliphatic carbocycles. The van der Waals surface area contributed by atoms with Crippen LogP contribution in [-0.4, -0.2) is 26.0 Å². The summed E-state index contributed by atoms with van der Waals surface area (Å²) < 4.78 is 10.7. The minimum Gasteiger partial charge on any atom is -0.493 e. The third-order valence-electron chi connectivity index (χ3n) is 5.45. The molecule has 0 aromatic heterocycles. The smallest absolute Gasteiger partial charge is 0.282 e. The van der Waals surface area contributed by atoms with Crippen LogP contribution >= 0.6 is 11.6 Å². The maximum atomic E-state index is 13.6. The molecule has 0 bridgehead atoms. The number of carbonyl (C=O) groups excluding carboxylic acids is 2. The molecule has 4 rings (SSSR count). The summed E-state index contributed by atoms with van der Waals surface area (Å²) in [4.78, 5) is 28.3. The van der Waals surface area contributed by atoms with Crippen LogP contribution < -0.4 is 19.7 Å². The molecule has 0 saturated carbocycles. The number of carbonyl (C=O) groups is 2. The highest BCUT2D eigenvalue weighted by atomic mass is 35.5. The molecule has 0 saturated heterocycles. The average Bonchev–Trinajstić information content (AvgIpc) is 3.03. The minimum atomic E-state index is -0.466. The van der Waals surface area contributed by atoms with Crippen molar-refractivity contribution in [3.63, 3.8) is 0 Å². The van der Waals surface area contributed by atoms with E-state index < -0.39 is 11.8 Å². The number of hydrogen-bond acceptors (Lipinski definition) is 5. The Morgan fingerprint density at radius 2 is 1.61 bits per heavy atom. The molecule has 1 heterocycles. The summed E-state index contributed by atoms with van der Waals surface area (Å²) in [5.74, 6) is 0.171. The fraction of sp³-hybridized carbons (Fsp3) is 0.154. The molecule has 0 atom stereocenters. The van der Waals surface area contributed by atoms with E-state index in [-0.39, 0.29) is 5.70 Å². The first-order valence-corrected chi connectivity index (χ1v) is 10.7. The highest BCUT2D eigenvalue weighted by Gasteiger charge is 2.40. The lowest BCUT2D eigenvalue weighted by molar-refractivity contribution is -0.120. The van der Waals surface area contributed by atoms with E-state index in [0.29, 0.717) is 39.0 Å². The van der Waals surface area contributed by atoms with Gasteiger partial charge in [-0.25, -0.2) is 4.90 Å². The first-order valence-electron chi connectivity index (χ1n) is 10.3. The van der Waals surface area contributed by atoms with Gasteiger partial charge in [-0.05, 0) is 55.3 Å². The third kappa shape index (κ3) is 4.17. The highest BCUT2D eigenvalue weighted by Crippen LogP contribution is 2.37. The summed E-state index contributed by atoms with van der Waals surface area (Å²) in [5.41, 5.74) is 4.11. The van der Waals surface area contributed by atoms with E-state index in [4.69, 9.17) is 21.1 Å². The maximum Gasteiger partial charge on any atom is 0.282 e. The molecule has 168 valence electrons. The predicted octanol–water partition coefficient (Wildman–Crippen LogP) is 5.37. The van der Waals surface area contributed by atoms with Crippen LogP contribution in [0.15, 0.2) is 66.4 Å². The van der Waals surface area contributed by atoms with Gasteiger partial charge >= 0.3 is 0 Å². The molecular formula is C26H23ClN2O4. The second-order valence-electron chi connectivity index (χ2n) is 7.69. The molecule has 1 N–H and O–H groups in total. The van der Waals surface area contributed by atoms with Crippen LogP contribution in [-0.2, 0) is 9.59 Å². The van der Waals surface area contributed by atoms with Crippen LogP contribution in [0.5, 0.6) is 11.5 Å². The third-order valence-corrected chi connectivity index (χ3v) is 5.69. The van der Waals surface area contributed by atoms with Gasteiger partial charge in [0, 0.05) is 16.8 Å². The molecule has 1 aliphatic rings. The predicted molar refractivity (Wildman–Crippen MR) is 130 cm³/mol. The Bertz CT molecular complexity index is 1300. The van der Waals surface area contributed by atoms with Crippen molar-refractivity contribution in [2.24, 2.45) is 0 Å². The number of ether oxygens (including phenoxy) is 2. The molecule has 0 unspecified atom stereocenters. The number of amides is 2. The van der Waals surface area contributed by atoms with Crippen molar-refractivity contribution < 1.29 is 19.1 Å². The van der Waals surface area contributed by atoms with Gasteiger partial charge in [-0.15, -0.1) is 0 Å². The Balaban J connectivity index is 1.85. The number of aryl methyl sites for hydroxylation is 2. The van der Waals surface area contributed by atoms with Crippen molar-refractivity contribution in [2.75, 3.05) is 24.4 Å². The first kappa shape index (κ1) is 22.4. The molecule has 7 heteroatoms. The van der Waals surface area contributed by atoms with Crippen LogP contribution in [0, 0.1) is 13.8 Å². The Labute approximate surface area is 197 Å². The molecule has 33 heavy (non-hydrogen) atoms. The van der Waals surface area contributed by atoms with E-state index in [1.165, 1.54) is 7.11 Å². The molecule has 3 aromatic rings. The Kier molecular flexibility index (Phi) is 6.11. The van der Waals surface area contributed by atoms with Crippen LogP contribution in [0.4, 0.5) is 11.4 Å². The number of hydrogen-bond donors (Lipinski definition) is 1. The standard InChI is InChI=1S/C26H23ClN2O4/c1-15-8-10-20(16(2)12-15)23-24(28-18-9-11-21(32-3)22(14-18)33-4)26(31)29(25(23)30)19-7-5-6-17(27)13-19/h5-14,28H,1-4H3. The number of nitrogens with zero attached hydrogens (tertiary/aromatic N) is 1. The van der Waals surface area contributed by atoms with E-state index in [9.17, 15) is 9.59 Å². The lowest BCUT2D eigenvalue weighted by Gasteiger charge is -2.16.